The first-order chi connectivity index (χ1) is 18.1. The Bertz CT molecular complexity index is 1320. The van der Waals surface area contributed by atoms with Crippen molar-refractivity contribution in [3.63, 3.8) is 0 Å². The summed E-state index contributed by atoms with van der Waals surface area (Å²) in [5.41, 5.74) is 2.09. The monoisotopic (exact) mass is 599 g/mol. The van der Waals surface area contributed by atoms with Crippen LogP contribution >= 0.6 is 15.9 Å². The Morgan fingerprint density at radius 1 is 0.921 bits per heavy atom. The first-order valence-corrected chi connectivity index (χ1v) is 15.1. The van der Waals surface area contributed by atoms with Crippen LogP contribution in [0.2, 0.25) is 0 Å². The molecule has 0 saturated carbocycles. The zero-order valence-corrected chi connectivity index (χ0v) is 24.3. The van der Waals surface area contributed by atoms with Gasteiger partial charge in [-0.2, -0.15) is 0 Å². The maximum atomic E-state index is 14.0. The van der Waals surface area contributed by atoms with E-state index in [9.17, 15) is 18.0 Å². The third kappa shape index (κ3) is 8.43. The molecule has 3 rings (SSSR count). The standard InChI is InChI=1S/C29H34BrN3O4S/c1-4-22(2)31-29(35)27(18-23-12-7-5-8-13-23)32(20-24-14-9-6-10-15-24)28(34)21-33(38(3,36)37)26-17-11-16-25(30)19-26/h5-17,19,22,27H,4,18,20-21H2,1-3H3,(H,31,35)/t22-,27+/m0/s1. The van der Waals surface area contributed by atoms with Crippen molar-refractivity contribution in [3.05, 3.63) is 101 Å². The third-order valence-electron chi connectivity index (χ3n) is 6.24. The maximum absolute atomic E-state index is 14.0. The Balaban J connectivity index is 2.04. The molecule has 38 heavy (non-hydrogen) atoms. The van der Waals surface area contributed by atoms with Gasteiger partial charge in [0.05, 0.1) is 11.9 Å². The van der Waals surface area contributed by atoms with Crippen LogP contribution in [0.4, 0.5) is 5.69 Å². The Kier molecular flexibility index (Phi) is 10.5. The van der Waals surface area contributed by atoms with E-state index in [1.54, 1.807) is 24.3 Å². The minimum absolute atomic E-state index is 0.0800. The van der Waals surface area contributed by atoms with Gasteiger partial charge >= 0.3 is 0 Å². The second-order valence-corrected chi connectivity index (χ2v) is 12.1. The number of sulfonamides is 1. The van der Waals surface area contributed by atoms with E-state index in [-0.39, 0.29) is 24.9 Å². The fraction of sp³-hybridized carbons (Fsp3) is 0.310. The highest BCUT2D eigenvalue weighted by Gasteiger charge is 2.33. The molecule has 0 unspecified atom stereocenters. The third-order valence-corrected chi connectivity index (χ3v) is 7.88. The van der Waals surface area contributed by atoms with Gasteiger partial charge in [0.15, 0.2) is 0 Å². The Labute approximate surface area is 234 Å². The van der Waals surface area contributed by atoms with Gasteiger partial charge in [-0.1, -0.05) is 89.6 Å². The van der Waals surface area contributed by atoms with Crippen LogP contribution in [0.3, 0.4) is 0 Å². The maximum Gasteiger partial charge on any atom is 0.244 e. The minimum Gasteiger partial charge on any atom is -0.352 e. The van der Waals surface area contributed by atoms with Crippen LogP contribution in [-0.4, -0.2) is 50.0 Å². The molecule has 0 aliphatic heterocycles. The van der Waals surface area contributed by atoms with Crippen molar-refractivity contribution in [3.8, 4) is 0 Å². The molecule has 3 aromatic carbocycles. The highest BCUT2D eigenvalue weighted by atomic mass is 79.9. The molecular weight excluding hydrogens is 566 g/mol. The molecule has 2 amide bonds. The average molecular weight is 601 g/mol. The number of hydrogen-bond donors (Lipinski definition) is 1. The second-order valence-electron chi connectivity index (χ2n) is 9.28. The fourth-order valence-electron chi connectivity index (χ4n) is 4.02. The largest absolute Gasteiger partial charge is 0.352 e. The van der Waals surface area contributed by atoms with Gasteiger partial charge in [0.2, 0.25) is 21.8 Å². The number of hydrogen-bond acceptors (Lipinski definition) is 4. The summed E-state index contributed by atoms with van der Waals surface area (Å²) in [6.07, 6.45) is 2.10. The van der Waals surface area contributed by atoms with E-state index in [4.69, 9.17) is 0 Å². The van der Waals surface area contributed by atoms with Crippen molar-refractivity contribution in [1.29, 1.82) is 0 Å². The summed E-state index contributed by atoms with van der Waals surface area (Å²) >= 11 is 3.38. The van der Waals surface area contributed by atoms with Crippen LogP contribution in [0.1, 0.15) is 31.4 Å². The predicted octanol–water partition coefficient (Wildman–Crippen LogP) is 4.77. The molecule has 2 atom stereocenters. The van der Waals surface area contributed by atoms with E-state index >= 15 is 0 Å². The number of anilines is 1. The number of nitrogens with one attached hydrogen (secondary N) is 1. The van der Waals surface area contributed by atoms with Crippen molar-refractivity contribution < 1.29 is 18.0 Å². The SMILES string of the molecule is CC[C@H](C)NC(=O)[C@@H](Cc1ccccc1)N(Cc1ccccc1)C(=O)CN(c1cccc(Br)c1)S(C)(=O)=O. The second kappa shape index (κ2) is 13.6. The summed E-state index contributed by atoms with van der Waals surface area (Å²) in [7, 11) is -3.80. The zero-order chi connectivity index (χ0) is 27.7. The molecule has 0 spiro atoms. The molecule has 7 nitrogen and oxygen atoms in total. The van der Waals surface area contributed by atoms with E-state index in [0.29, 0.717) is 10.2 Å². The van der Waals surface area contributed by atoms with Crippen LogP contribution in [0.25, 0.3) is 0 Å². The lowest BCUT2D eigenvalue weighted by Crippen LogP contribution is -2.54. The fourth-order valence-corrected chi connectivity index (χ4v) is 5.25. The Hall–Kier alpha value is -3.17. The summed E-state index contributed by atoms with van der Waals surface area (Å²) in [4.78, 5) is 29.1. The van der Waals surface area contributed by atoms with Crippen molar-refractivity contribution in [2.75, 3.05) is 17.1 Å². The molecule has 0 bridgehead atoms. The van der Waals surface area contributed by atoms with Crippen LogP contribution in [0.15, 0.2) is 89.4 Å². The molecular formula is C29H34BrN3O4S. The van der Waals surface area contributed by atoms with Gasteiger partial charge in [-0.05, 0) is 42.7 Å². The van der Waals surface area contributed by atoms with Gasteiger partial charge in [-0.25, -0.2) is 8.42 Å². The van der Waals surface area contributed by atoms with Crippen LogP contribution < -0.4 is 9.62 Å². The predicted molar refractivity (Wildman–Crippen MR) is 155 cm³/mol. The molecule has 0 aliphatic carbocycles. The van der Waals surface area contributed by atoms with Gasteiger partial charge < -0.3 is 10.2 Å². The van der Waals surface area contributed by atoms with Crippen molar-refractivity contribution >= 4 is 43.5 Å². The van der Waals surface area contributed by atoms with Crippen molar-refractivity contribution in [2.24, 2.45) is 0 Å². The molecule has 0 aliphatic rings. The first kappa shape index (κ1) is 29.4. The quantitative estimate of drug-likeness (QED) is 0.325. The zero-order valence-electron chi connectivity index (χ0n) is 21.9. The number of rotatable bonds is 12. The van der Waals surface area contributed by atoms with Gasteiger partial charge in [-0.3, -0.25) is 13.9 Å². The smallest absolute Gasteiger partial charge is 0.244 e. The minimum atomic E-state index is -3.80. The number of halogens is 1. The van der Waals surface area contributed by atoms with Crippen molar-refractivity contribution in [1.82, 2.24) is 10.2 Å². The number of carbonyl (C=O) groups excluding carboxylic acids is 2. The molecule has 0 aromatic heterocycles. The van der Waals surface area contributed by atoms with Gasteiger partial charge in [0.25, 0.3) is 0 Å². The molecule has 0 saturated heterocycles. The Morgan fingerprint density at radius 3 is 2.08 bits per heavy atom. The molecule has 0 heterocycles. The van der Waals surface area contributed by atoms with Gasteiger partial charge in [-0.15, -0.1) is 0 Å². The first-order valence-electron chi connectivity index (χ1n) is 12.5. The summed E-state index contributed by atoms with van der Waals surface area (Å²) in [5, 5.41) is 3.02. The number of carbonyl (C=O) groups is 2. The van der Waals surface area contributed by atoms with E-state index in [1.165, 1.54) is 4.90 Å². The van der Waals surface area contributed by atoms with Gasteiger partial charge in [0.1, 0.15) is 12.6 Å². The summed E-state index contributed by atoms with van der Waals surface area (Å²) in [6, 6.07) is 24.7. The average Bonchev–Trinajstić information content (AvgIpc) is 2.89. The molecule has 1 N–H and O–H groups in total. The summed E-state index contributed by atoms with van der Waals surface area (Å²) in [6.45, 7) is 3.61. The lowest BCUT2D eigenvalue weighted by atomic mass is 10.0. The lowest BCUT2D eigenvalue weighted by molar-refractivity contribution is -0.140. The van der Waals surface area contributed by atoms with Crippen LogP contribution in [-0.2, 0) is 32.6 Å². The molecule has 202 valence electrons. The van der Waals surface area contributed by atoms with Crippen LogP contribution in [0.5, 0.6) is 0 Å². The van der Waals surface area contributed by atoms with Crippen molar-refractivity contribution in [2.45, 2.75) is 45.3 Å². The topological polar surface area (TPSA) is 86.8 Å². The van der Waals surface area contributed by atoms with Crippen LogP contribution in [0, 0.1) is 0 Å². The van der Waals surface area contributed by atoms with Gasteiger partial charge in [0, 0.05) is 23.5 Å². The summed E-state index contributed by atoms with van der Waals surface area (Å²) < 4.78 is 27.4. The molecule has 9 heteroatoms. The number of nitrogens with zero attached hydrogens (tertiary/aromatic N) is 2. The van der Waals surface area contributed by atoms with E-state index < -0.39 is 28.5 Å². The van der Waals surface area contributed by atoms with E-state index in [1.807, 2.05) is 74.5 Å². The summed E-state index contributed by atoms with van der Waals surface area (Å²) in [5.74, 6) is -0.750. The highest BCUT2D eigenvalue weighted by Crippen LogP contribution is 2.23. The Morgan fingerprint density at radius 2 is 1.53 bits per heavy atom. The molecule has 0 fully saturated rings. The number of benzene rings is 3. The molecule has 3 aromatic rings. The highest BCUT2D eigenvalue weighted by molar-refractivity contribution is 9.10. The molecule has 0 radical (unpaired) electrons. The van der Waals surface area contributed by atoms with E-state index in [2.05, 4.69) is 21.2 Å². The number of amides is 2. The lowest BCUT2D eigenvalue weighted by Gasteiger charge is -2.34. The normalized spacial score (nSPS) is 12.8. The van der Waals surface area contributed by atoms with E-state index in [0.717, 1.165) is 28.1 Å².